The number of benzene rings is 3. The van der Waals surface area contributed by atoms with E-state index in [1.807, 2.05) is 85.1 Å². The van der Waals surface area contributed by atoms with Crippen LogP contribution in [0.25, 0.3) is 17.0 Å². The van der Waals surface area contributed by atoms with Gasteiger partial charge in [0.25, 0.3) is 5.56 Å². The average molecular weight is 589 g/mol. The van der Waals surface area contributed by atoms with Crippen molar-refractivity contribution in [2.45, 2.75) is 26.4 Å². The summed E-state index contributed by atoms with van der Waals surface area (Å²) in [4.78, 5) is 32.5. The molecule has 0 unspecified atom stereocenters. The van der Waals surface area contributed by atoms with Gasteiger partial charge in [0.1, 0.15) is 5.75 Å². The number of nitrogens with zero attached hydrogens (tertiary/aromatic N) is 4. The lowest BCUT2D eigenvalue weighted by atomic mass is 9.95. The number of allylic oxidation sites excluding steroid dienone is 1. The summed E-state index contributed by atoms with van der Waals surface area (Å²) >= 11 is 1.28. The van der Waals surface area contributed by atoms with Gasteiger partial charge in [-0.15, -0.1) is 0 Å². The number of rotatable bonds is 7. The SMILES string of the molecule is CCOC(=O)C1=C(C)N=c2s/c(=C/c3cn(Cc4ccccc4C#N)c4ccccc34)c(=O)n2[C@H]1c1cccc(OC)c1. The molecule has 1 aliphatic heterocycles. The van der Waals surface area contributed by atoms with E-state index < -0.39 is 12.0 Å². The van der Waals surface area contributed by atoms with Crippen LogP contribution in [0.5, 0.6) is 5.75 Å². The van der Waals surface area contributed by atoms with Gasteiger partial charge in [-0.05, 0) is 55.3 Å². The predicted octanol–water partition coefficient (Wildman–Crippen LogP) is 4.68. The van der Waals surface area contributed by atoms with Crippen LogP contribution in [0.3, 0.4) is 0 Å². The van der Waals surface area contributed by atoms with E-state index in [1.54, 1.807) is 25.5 Å². The highest BCUT2D eigenvalue weighted by atomic mass is 32.1. The van der Waals surface area contributed by atoms with E-state index in [-0.39, 0.29) is 12.2 Å². The van der Waals surface area contributed by atoms with Crippen LogP contribution in [-0.2, 0) is 16.1 Å². The van der Waals surface area contributed by atoms with Crippen molar-refractivity contribution in [3.8, 4) is 11.8 Å². The number of hydrogen-bond acceptors (Lipinski definition) is 7. The molecule has 1 aliphatic rings. The Kier molecular flexibility index (Phi) is 7.53. The van der Waals surface area contributed by atoms with Crippen molar-refractivity contribution in [2.24, 2.45) is 4.99 Å². The van der Waals surface area contributed by atoms with Gasteiger partial charge in [-0.2, -0.15) is 5.26 Å². The standard InChI is InChI=1S/C34H28N4O4S/c1-4-42-33(40)30-21(2)36-34-38(31(30)22-12-9-13-26(16-22)41-3)32(39)29(43-34)17-25-20-37(28-15-8-7-14-27(25)28)19-24-11-6-5-10-23(24)18-35/h5-17,20,31H,4,19H2,1-3H3/b29-17+/t31-/m0/s1. The number of para-hydroxylation sites is 1. The van der Waals surface area contributed by atoms with Gasteiger partial charge in [0.2, 0.25) is 0 Å². The maximum atomic E-state index is 14.1. The number of fused-ring (bicyclic) bond motifs is 2. The van der Waals surface area contributed by atoms with Crippen LogP contribution >= 0.6 is 11.3 Å². The molecule has 0 spiro atoms. The van der Waals surface area contributed by atoms with E-state index in [0.717, 1.165) is 27.6 Å². The van der Waals surface area contributed by atoms with Crippen LogP contribution in [0.4, 0.5) is 0 Å². The van der Waals surface area contributed by atoms with Gasteiger partial charge in [0.05, 0.1) is 47.2 Å². The number of carbonyl (C=O) groups is 1. The molecular formula is C34H28N4O4S. The van der Waals surface area contributed by atoms with Crippen LogP contribution in [0.2, 0.25) is 0 Å². The van der Waals surface area contributed by atoms with Crippen LogP contribution in [0.1, 0.15) is 42.1 Å². The maximum absolute atomic E-state index is 14.1. The van der Waals surface area contributed by atoms with Crippen molar-refractivity contribution >= 4 is 34.3 Å². The van der Waals surface area contributed by atoms with E-state index in [2.05, 4.69) is 15.6 Å². The topological polar surface area (TPSA) is 98.6 Å². The molecule has 0 saturated carbocycles. The monoisotopic (exact) mass is 588 g/mol. The van der Waals surface area contributed by atoms with Crippen molar-refractivity contribution in [2.75, 3.05) is 13.7 Å². The van der Waals surface area contributed by atoms with Crippen molar-refractivity contribution in [3.05, 3.63) is 132 Å². The third kappa shape index (κ3) is 5.07. The molecule has 214 valence electrons. The van der Waals surface area contributed by atoms with Gasteiger partial charge in [-0.1, -0.05) is 59.9 Å². The molecule has 0 fully saturated rings. The fraction of sp³-hybridized carbons (Fsp3) is 0.176. The molecule has 0 bridgehead atoms. The molecule has 5 aromatic rings. The Hall–Kier alpha value is -5.20. The zero-order chi connectivity index (χ0) is 30.1. The van der Waals surface area contributed by atoms with E-state index in [1.165, 1.54) is 11.3 Å². The van der Waals surface area contributed by atoms with Crippen molar-refractivity contribution in [3.63, 3.8) is 0 Å². The molecule has 43 heavy (non-hydrogen) atoms. The first-order valence-corrected chi connectivity index (χ1v) is 14.6. The minimum Gasteiger partial charge on any atom is -0.497 e. The number of methoxy groups -OCH3 is 1. The Morgan fingerprint density at radius 2 is 1.91 bits per heavy atom. The van der Waals surface area contributed by atoms with Gasteiger partial charge >= 0.3 is 5.97 Å². The van der Waals surface area contributed by atoms with Crippen LogP contribution in [-0.4, -0.2) is 28.8 Å². The lowest BCUT2D eigenvalue weighted by molar-refractivity contribution is -0.139. The summed E-state index contributed by atoms with van der Waals surface area (Å²) in [5.41, 5.74) is 4.69. The normalized spacial score (nSPS) is 14.7. The number of nitriles is 1. The fourth-order valence-electron chi connectivity index (χ4n) is 5.53. The first-order valence-electron chi connectivity index (χ1n) is 13.8. The molecule has 1 atom stereocenters. The summed E-state index contributed by atoms with van der Waals surface area (Å²) in [6.45, 7) is 4.23. The minimum atomic E-state index is -0.726. The first kappa shape index (κ1) is 27.9. The second kappa shape index (κ2) is 11.6. The Morgan fingerprint density at radius 1 is 1.12 bits per heavy atom. The highest BCUT2D eigenvalue weighted by Crippen LogP contribution is 2.32. The van der Waals surface area contributed by atoms with E-state index >= 15 is 0 Å². The summed E-state index contributed by atoms with van der Waals surface area (Å²) in [6, 6.07) is 24.4. The third-order valence-electron chi connectivity index (χ3n) is 7.51. The molecule has 0 saturated heterocycles. The quantitative estimate of drug-likeness (QED) is 0.257. The molecule has 0 amide bonds. The summed E-state index contributed by atoms with van der Waals surface area (Å²) in [7, 11) is 1.58. The Morgan fingerprint density at radius 3 is 2.70 bits per heavy atom. The summed E-state index contributed by atoms with van der Waals surface area (Å²) in [5, 5.41) is 10.6. The zero-order valence-corrected chi connectivity index (χ0v) is 24.7. The third-order valence-corrected chi connectivity index (χ3v) is 8.49. The highest BCUT2D eigenvalue weighted by Gasteiger charge is 2.33. The van der Waals surface area contributed by atoms with Crippen LogP contribution in [0.15, 0.2) is 100 Å². The van der Waals surface area contributed by atoms with Crippen molar-refractivity contribution in [1.29, 1.82) is 5.26 Å². The Labute approximate surface area is 251 Å². The Bertz CT molecular complexity index is 2150. The Balaban J connectivity index is 1.52. The number of esters is 1. The molecule has 8 nitrogen and oxygen atoms in total. The van der Waals surface area contributed by atoms with Gasteiger partial charge < -0.3 is 14.0 Å². The second-order valence-corrected chi connectivity index (χ2v) is 11.1. The average Bonchev–Trinajstić information content (AvgIpc) is 3.52. The second-order valence-electron chi connectivity index (χ2n) is 10.1. The smallest absolute Gasteiger partial charge is 0.338 e. The van der Waals surface area contributed by atoms with E-state index in [9.17, 15) is 14.9 Å². The molecule has 0 aliphatic carbocycles. The van der Waals surface area contributed by atoms with Crippen molar-refractivity contribution in [1.82, 2.24) is 9.13 Å². The van der Waals surface area contributed by atoms with Crippen molar-refractivity contribution < 1.29 is 14.3 Å². The predicted molar refractivity (Wildman–Crippen MR) is 166 cm³/mol. The number of aromatic nitrogens is 2. The van der Waals surface area contributed by atoms with Gasteiger partial charge in [-0.3, -0.25) is 9.36 Å². The number of carbonyl (C=O) groups excluding carboxylic acids is 1. The maximum Gasteiger partial charge on any atom is 0.338 e. The molecule has 0 N–H and O–H groups in total. The van der Waals surface area contributed by atoms with Gasteiger partial charge in [0, 0.05) is 29.2 Å². The number of thiazole rings is 1. The van der Waals surface area contributed by atoms with E-state index in [4.69, 9.17) is 9.47 Å². The molecule has 9 heteroatoms. The molecule has 3 heterocycles. The largest absolute Gasteiger partial charge is 0.497 e. The van der Waals surface area contributed by atoms with Gasteiger partial charge in [-0.25, -0.2) is 9.79 Å². The van der Waals surface area contributed by atoms with Crippen LogP contribution < -0.4 is 19.6 Å². The van der Waals surface area contributed by atoms with Crippen LogP contribution in [0, 0.1) is 11.3 Å². The lowest BCUT2D eigenvalue weighted by Crippen LogP contribution is -2.39. The molecule has 2 aromatic heterocycles. The number of ether oxygens (including phenoxy) is 2. The fourth-order valence-corrected chi connectivity index (χ4v) is 6.57. The summed E-state index contributed by atoms with van der Waals surface area (Å²) < 4.78 is 15.0. The summed E-state index contributed by atoms with van der Waals surface area (Å²) in [5.74, 6) is 0.106. The first-order chi connectivity index (χ1) is 20.9. The summed E-state index contributed by atoms with van der Waals surface area (Å²) in [6.07, 6.45) is 3.89. The molecule has 3 aromatic carbocycles. The molecule has 0 radical (unpaired) electrons. The van der Waals surface area contributed by atoms with E-state index in [0.29, 0.717) is 38.5 Å². The highest BCUT2D eigenvalue weighted by molar-refractivity contribution is 7.07. The molecule has 6 rings (SSSR count). The zero-order valence-electron chi connectivity index (χ0n) is 23.9. The minimum absolute atomic E-state index is 0.202. The van der Waals surface area contributed by atoms with Gasteiger partial charge in [0.15, 0.2) is 4.80 Å². The number of hydrogen-bond donors (Lipinski definition) is 0. The lowest BCUT2D eigenvalue weighted by Gasteiger charge is -2.25. The molecular weight excluding hydrogens is 560 g/mol.